The summed E-state index contributed by atoms with van der Waals surface area (Å²) in [6.45, 7) is 2.59. The zero-order valence-electron chi connectivity index (χ0n) is 14.9. The van der Waals surface area contributed by atoms with Gasteiger partial charge in [-0.2, -0.15) is 5.10 Å². The maximum Gasteiger partial charge on any atom is 0.271 e. The lowest BCUT2D eigenvalue weighted by atomic mass is 10.2. The van der Waals surface area contributed by atoms with Gasteiger partial charge in [0.25, 0.3) is 5.91 Å². The number of amides is 1. The van der Waals surface area contributed by atoms with E-state index in [9.17, 15) is 4.79 Å². The highest BCUT2D eigenvalue weighted by atomic mass is 35.5. The number of carbonyl (C=O) groups is 1. The Morgan fingerprint density at radius 2 is 1.85 bits per heavy atom. The molecule has 138 valence electrons. The number of hydrazone groups is 1. The van der Waals surface area contributed by atoms with Crippen molar-refractivity contribution in [3.63, 3.8) is 0 Å². The number of nitrogens with zero attached hydrogens (tertiary/aromatic N) is 1. The van der Waals surface area contributed by atoms with Crippen molar-refractivity contribution in [1.82, 2.24) is 5.43 Å². The Morgan fingerprint density at radius 1 is 1.12 bits per heavy atom. The van der Waals surface area contributed by atoms with Crippen molar-refractivity contribution in [2.24, 2.45) is 5.10 Å². The van der Waals surface area contributed by atoms with E-state index in [2.05, 4.69) is 10.5 Å². The van der Waals surface area contributed by atoms with Crippen LogP contribution >= 0.6 is 11.6 Å². The number of benzene rings is 2. The number of hydrogen-bond acceptors (Lipinski definition) is 5. The molecule has 2 aromatic carbocycles. The molecule has 0 spiro atoms. The van der Waals surface area contributed by atoms with Crippen molar-refractivity contribution in [1.29, 1.82) is 0 Å². The molecule has 0 aliphatic carbocycles. The summed E-state index contributed by atoms with van der Waals surface area (Å²) < 4.78 is 16.1. The van der Waals surface area contributed by atoms with Crippen molar-refractivity contribution in [2.75, 3.05) is 20.8 Å². The van der Waals surface area contributed by atoms with Gasteiger partial charge in [-0.15, -0.1) is 0 Å². The summed E-state index contributed by atoms with van der Waals surface area (Å²) in [7, 11) is 3.08. The third-order valence-electron chi connectivity index (χ3n) is 3.45. The van der Waals surface area contributed by atoms with Gasteiger partial charge in [-0.25, -0.2) is 5.43 Å². The second-order valence-corrected chi connectivity index (χ2v) is 5.74. The molecule has 0 saturated heterocycles. The predicted octanol–water partition coefficient (Wildman–Crippen LogP) is 3.91. The van der Waals surface area contributed by atoms with Crippen LogP contribution in [0.2, 0.25) is 5.02 Å². The van der Waals surface area contributed by atoms with Gasteiger partial charge in [0.15, 0.2) is 11.5 Å². The molecule has 0 unspecified atom stereocenters. The molecular formula is C19H21ClN2O4. The normalized spacial score (nSPS) is 10.6. The Bertz CT molecular complexity index is 793. The third kappa shape index (κ3) is 5.13. The van der Waals surface area contributed by atoms with Crippen LogP contribution in [0.4, 0.5) is 0 Å². The molecule has 0 aliphatic rings. The van der Waals surface area contributed by atoms with Gasteiger partial charge in [-0.3, -0.25) is 4.79 Å². The first-order valence-electron chi connectivity index (χ1n) is 8.06. The van der Waals surface area contributed by atoms with Gasteiger partial charge in [0, 0.05) is 16.1 Å². The maximum absolute atomic E-state index is 12.3. The fourth-order valence-corrected chi connectivity index (χ4v) is 2.35. The van der Waals surface area contributed by atoms with Gasteiger partial charge in [-0.05, 0) is 42.8 Å². The van der Waals surface area contributed by atoms with Crippen molar-refractivity contribution in [3.05, 3.63) is 52.5 Å². The summed E-state index contributed by atoms with van der Waals surface area (Å²) in [6, 6.07) is 10.1. The minimum Gasteiger partial charge on any atom is -0.496 e. The van der Waals surface area contributed by atoms with Crippen LogP contribution in [-0.2, 0) is 0 Å². The first kappa shape index (κ1) is 19.6. The van der Waals surface area contributed by atoms with Crippen molar-refractivity contribution in [2.45, 2.75) is 13.3 Å². The second kappa shape index (κ2) is 9.68. The number of methoxy groups -OCH3 is 2. The smallest absolute Gasteiger partial charge is 0.271 e. The number of nitrogens with one attached hydrogen (secondary N) is 1. The molecule has 0 saturated carbocycles. The molecular weight excluding hydrogens is 356 g/mol. The van der Waals surface area contributed by atoms with E-state index in [4.69, 9.17) is 25.8 Å². The number of hydrogen-bond donors (Lipinski definition) is 1. The SMILES string of the molecule is CCCOc1ccc(C(=O)N/N=C/c2cc(Cl)ccc2OC)cc1OC. The predicted molar refractivity (Wildman–Crippen MR) is 102 cm³/mol. The van der Waals surface area contributed by atoms with Gasteiger partial charge >= 0.3 is 0 Å². The molecule has 0 aliphatic heterocycles. The molecule has 7 heteroatoms. The molecule has 0 radical (unpaired) electrons. The molecule has 1 amide bonds. The van der Waals surface area contributed by atoms with Gasteiger partial charge in [-0.1, -0.05) is 18.5 Å². The van der Waals surface area contributed by atoms with Gasteiger partial charge in [0.2, 0.25) is 0 Å². The summed E-state index contributed by atoms with van der Waals surface area (Å²) in [4.78, 5) is 12.3. The van der Waals surface area contributed by atoms with E-state index < -0.39 is 0 Å². The topological polar surface area (TPSA) is 69.2 Å². The van der Waals surface area contributed by atoms with Crippen LogP contribution < -0.4 is 19.6 Å². The lowest BCUT2D eigenvalue weighted by Gasteiger charge is -2.11. The second-order valence-electron chi connectivity index (χ2n) is 5.30. The highest BCUT2D eigenvalue weighted by Crippen LogP contribution is 2.28. The van der Waals surface area contributed by atoms with E-state index in [1.165, 1.54) is 13.3 Å². The van der Waals surface area contributed by atoms with E-state index in [0.29, 0.717) is 40.0 Å². The Kier molecular flexibility index (Phi) is 7.29. The minimum atomic E-state index is -0.373. The molecule has 0 atom stereocenters. The molecule has 6 nitrogen and oxygen atoms in total. The number of carbonyl (C=O) groups excluding carboxylic acids is 1. The average molecular weight is 377 g/mol. The summed E-state index contributed by atoms with van der Waals surface area (Å²) >= 11 is 5.97. The van der Waals surface area contributed by atoms with Crippen LogP contribution in [0.15, 0.2) is 41.5 Å². The maximum atomic E-state index is 12.3. The van der Waals surface area contributed by atoms with Crippen LogP contribution in [0.5, 0.6) is 17.2 Å². The van der Waals surface area contributed by atoms with Crippen molar-refractivity contribution >= 4 is 23.7 Å². The first-order chi connectivity index (χ1) is 12.6. The van der Waals surface area contributed by atoms with Crippen LogP contribution in [0.3, 0.4) is 0 Å². The number of rotatable bonds is 8. The summed E-state index contributed by atoms with van der Waals surface area (Å²) in [5, 5.41) is 4.51. The Hall–Kier alpha value is -2.73. The third-order valence-corrected chi connectivity index (χ3v) is 3.68. The highest BCUT2D eigenvalue weighted by molar-refractivity contribution is 6.30. The van der Waals surface area contributed by atoms with E-state index in [1.807, 2.05) is 6.92 Å². The Morgan fingerprint density at radius 3 is 2.54 bits per heavy atom. The quantitative estimate of drug-likeness (QED) is 0.560. The zero-order chi connectivity index (χ0) is 18.9. The lowest BCUT2D eigenvalue weighted by Crippen LogP contribution is -2.17. The molecule has 2 rings (SSSR count). The molecule has 0 heterocycles. The Labute approximate surface area is 157 Å². The van der Waals surface area contributed by atoms with Crippen LogP contribution in [0, 0.1) is 0 Å². The molecule has 1 N–H and O–H groups in total. The average Bonchev–Trinajstić information content (AvgIpc) is 2.66. The summed E-state index contributed by atoms with van der Waals surface area (Å²) in [6.07, 6.45) is 2.35. The van der Waals surface area contributed by atoms with Gasteiger partial charge in [0.05, 0.1) is 27.0 Å². The Balaban J connectivity index is 2.09. The standard InChI is InChI=1S/C19H21ClN2O4/c1-4-9-26-17-7-5-13(11-18(17)25-3)19(23)22-21-12-14-10-15(20)6-8-16(14)24-2/h5-8,10-12H,4,9H2,1-3H3,(H,22,23)/b21-12+. The molecule has 0 aromatic heterocycles. The van der Waals surface area contributed by atoms with E-state index in [0.717, 1.165) is 6.42 Å². The van der Waals surface area contributed by atoms with Gasteiger partial charge < -0.3 is 14.2 Å². The van der Waals surface area contributed by atoms with Crippen molar-refractivity contribution in [3.8, 4) is 17.2 Å². The van der Waals surface area contributed by atoms with Crippen LogP contribution in [0.1, 0.15) is 29.3 Å². The van der Waals surface area contributed by atoms with Crippen molar-refractivity contribution < 1.29 is 19.0 Å². The van der Waals surface area contributed by atoms with E-state index >= 15 is 0 Å². The highest BCUT2D eigenvalue weighted by Gasteiger charge is 2.11. The minimum absolute atomic E-state index is 0.373. The number of ether oxygens (including phenoxy) is 3. The summed E-state index contributed by atoms with van der Waals surface area (Å²) in [5.41, 5.74) is 3.53. The lowest BCUT2D eigenvalue weighted by molar-refractivity contribution is 0.0954. The molecule has 26 heavy (non-hydrogen) atoms. The van der Waals surface area contributed by atoms with Gasteiger partial charge in [0.1, 0.15) is 5.75 Å². The monoisotopic (exact) mass is 376 g/mol. The molecule has 0 bridgehead atoms. The fraction of sp³-hybridized carbons (Fsp3) is 0.263. The van der Waals surface area contributed by atoms with E-state index in [-0.39, 0.29) is 5.91 Å². The van der Waals surface area contributed by atoms with E-state index in [1.54, 1.807) is 43.5 Å². The molecule has 0 fully saturated rings. The fourth-order valence-electron chi connectivity index (χ4n) is 2.17. The van der Waals surface area contributed by atoms with Crippen LogP contribution in [0.25, 0.3) is 0 Å². The number of halogens is 1. The van der Waals surface area contributed by atoms with Crippen LogP contribution in [-0.4, -0.2) is 32.9 Å². The zero-order valence-corrected chi connectivity index (χ0v) is 15.7. The summed E-state index contributed by atoms with van der Waals surface area (Å²) in [5.74, 6) is 1.32. The molecule has 2 aromatic rings. The largest absolute Gasteiger partial charge is 0.496 e. The first-order valence-corrected chi connectivity index (χ1v) is 8.44.